The molecular weight excluding hydrogens is 522 g/mol. The molecule has 0 amide bonds. The first-order valence-corrected chi connectivity index (χ1v) is 13.4. The third kappa shape index (κ3) is 7.06. The fourth-order valence-corrected chi connectivity index (χ4v) is 5.34. The van der Waals surface area contributed by atoms with Crippen molar-refractivity contribution in [2.24, 2.45) is 11.1 Å². The molecule has 1 saturated heterocycles. The molecule has 4 rings (SSSR count). The van der Waals surface area contributed by atoms with Crippen LogP contribution >= 0.6 is 12.4 Å². The molecule has 10 heteroatoms. The molecule has 0 aromatic heterocycles. The normalized spacial score (nSPS) is 15.2. The lowest BCUT2D eigenvalue weighted by atomic mass is 9.72. The third-order valence-corrected chi connectivity index (χ3v) is 7.72. The molecule has 1 fully saturated rings. The second-order valence-electron chi connectivity index (χ2n) is 9.11. The van der Waals surface area contributed by atoms with Gasteiger partial charge in [-0.1, -0.05) is 24.3 Å². The number of ether oxygens (including phenoxy) is 1. The second-order valence-corrected chi connectivity index (χ2v) is 10.7. The molecule has 0 spiro atoms. The molecule has 3 N–H and O–H groups in total. The number of hydrogen-bond donors (Lipinski definition) is 2. The number of rotatable bonds is 9. The van der Waals surface area contributed by atoms with Gasteiger partial charge < -0.3 is 14.7 Å². The van der Waals surface area contributed by atoms with E-state index in [0.29, 0.717) is 23.5 Å². The van der Waals surface area contributed by atoms with Crippen molar-refractivity contribution < 1.29 is 27.0 Å². The Balaban J connectivity index is 0.00000380. The highest BCUT2D eigenvalue weighted by Crippen LogP contribution is 2.42. The number of primary sulfonamides is 1. The van der Waals surface area contributed by atoms with Crippen LogP contribution in [0.5, 0.6) is 5.75 Å². The van der Waals surface area contributed by atoms with Crippen molar-refractivity contribution in [1.29, 1.82) is 0 Å². The molecule has 0 atom stereocenters. The Hall–Kier alpha value is -2.56. The maximum Gasteiger partial charge on any atom is 0.238 e. The molecule has 6 nitrogen and oxygen atoms in total. The zero-order valence-electron chi connectivity index (χ0n) is 20.2. The Bertz CT molecular complexity index is 1200. The van der Waals surface area contributed by atoms with Crippen LogP contribution < -0.4 is 9.88 Å². The van der Waals surface area contributed by atoms with E-state index in [-0.39, 0.29) is 34.9 Å². The molecule has 1 heterocycles. The summed E-state index contributed by atoms with van der Waals surface area (Å²) in [5.74, 6) is -0.293. The van der Waals surface area contributed by atoms with E-state index in [0.717, 1.165) is 38.9 Å². The molecule has 0 bridgehead atoms. The lowest BCUT2D eigenvalue weighted by Gasteiger charge is -2.42. The topological polar surface area (TPSA) is 92.9 Å². The van der Waals surface area contributed by atoms with Gasteiger partial charge in [-0.15, -0.1) is 12.4 Å². The van der Waals surface area contributed by atoms with Crippen molar-refractivity contribution >= 4 is 22.4 Å². The smallest absolute Gasteiger partial charge is 0.238 e. The van der Waals surface area contributed by atoms with E-state index in [2.05, 4.69) is 4.90 Å². The van der Waals surface area contributed by atoms with Gasteiger partial charge in [0, 0.05) is 6.54 Å². The highest BCUT2D eigenvalue weighted by molar-refractivity contribution is 7.89. The molecule has 3 aromatic rings. The number of nitrogens with zero attached hydrogens (tertiary/aromatic N) is 1. The predicted molar refractivity (Wildman–Crippen MR) is 140 cm³/mol. The Kier molecular flexibility index (Phi) is 9.66. The lowest BCUT2D eigenvalue weighted by molar-refractivity contribution is -0.0147. The van der Waals surface area contributed by atoms with Gasteiger partial charge >= 0.3 is 0 Å². The number of aliphatic hydroxyl groups is 1. The van der Waals surface area contributed by atoms with Crippen molar-refractivity contribution in [2.45, 2.75) is 29.8 Å². The van der Waals surface area contributed by atoms with E-state index in [1.807, 2.05) is 0 Å². The van der Waals surface area contributed by atoms with Crippen LogP contribution in [0.1, 0.15) is 30.4 Å². The van der Waals surface area contributed by atoms with Crippen molar-refractivity contribution in [1.82, 2.24) is 4.90 Å². The lowest BCUT2D eigenvalue weighted by Crippen LogP contribution is -2.44. The van der Waals surface area contributed by atoms with Crippen molar-refractivity contribution in [3.63, 3.8) is 0 Å². The summed E-state index contributed by atoms with van der Waals surface area (Å²) < 4.78 is 55.5. The summed E-state index contributed by atoms with van der Waals surface area (Å²) in [6, 6.07) is 17.7. The van der Waals surface area contributed by atoms with Gasteiger partial charge in [0.05, 0.1) is 11.5 Å². The van der Waals surface area contributed by atoms with Crippen LogP contribution in [0.4, 0.5) is 8.78 Å². The van der Waals surface area contributed by atoms with Gasteiger partial charge in [0.1, 0.15) is 23.0 Å². The van der Waals surface area contributed by atoms with E-state index in [1.54, 1.807) is 36.4 Å². The summed E-state index contributed by atoms with van der Waals surface area (Å²) in [5, 5.41) is 17.0. The molecule has 37 heavy (non-hydrogen) atoms. The summed E-state index contributed by atoms with van der Waals surface area (Å²) >= 11 is 0. The van der Waals surface area contributed by atoms with Gasteiger partial charge in [0.2, 0.25) is 10.0 Å². The third-order valence-electron chi connectivity index (χ3n) is 6.79. The van der Waals surface area contributed by atoms with Crippen LogP contribution in [0.25, 0.3) is 0 Å². The maximum absolute atomic E-state index is 13.6. The van der Waals surface area contributed by atoms with Gasteiger partial charge in [-0.3, -0.25) is 0 Å². The Labute approximate surface area is 222 Å². The molecule has 0 radical (unpaired) electrons. The van der Waals surface area contributed by atoms with E-state index < -0.39 is 15.6 Å². The molecule has 0 unspecified atom stereocenters. The fraction of sp³-hybridized carbons (Fsp3) is 0.333. The number of benzene rings is 3. The first kappa shape index (κ1) is 29.0. The van der Waals surface area contributed by atoms with Gasteiger partial charge in [-0.2, -0.15) is 0 Å². The Morgan fingerprint density at radius 3 is 1.84 bits per heavy atom. The number of sulfonamides is 1. The van der Waals surface area contributed by atoms with Gasteiger partial charge in [0.25, 0.3) is 0 Å². The van der Waals surface area contributed by atoms with E-state index in [9.17, 15) is 22.3 Å². The Morgan fingerprint density at radius 1 is 0.892 bits per heavy atom. The molecule has 0 saturated carbocycles. The quantitative estimate of drug-likeness (QED) is 0.383. The molecule has 200 valence electrons. The van der Waals surface area contributed by atoms with Gasteiger partial charge in [-0.25, -0.2) is 22.3 Å². The minimum atomic E-state index is -3.73. The number of piperidine rings is 1. The minimum absolute atomic E-state index is 0. The SMILES string of the molecule is Cl.NS(=O)(=O)c1ccc(OCCCN2CCC(C(O)(c3ccc(F)cc3)c3ccc(F)cc3)CC2)cc1. The van der Waals surface area contributed by atoms with Crippen LogP contribution in [0.3, 0.4) is 0 Å². The predicted octanol–water partition coefficient (Wildman–Crippen LogP) is 4.45. The zero-order valence-corrected chi connectivity index (χ0v) is 21.9. The highest BCUT2D eigenvalue weighted by atomic mass is 35.5. The number of nitrogens with two attached hydrogens (primary N) is 1. The minimum Gasteiger partial charge on any atom is -0.494 e. The zero-order chi connectivity index (χ0) is 25.8. The number of halogens is 3. The first-order valence-electron chi connectivity index (χ1n) is 11.9. The van der Waals surface area contributed by atoms with Gasteiger partial charge in [0.15, 0.2) is 0 Å². The highest BCUT2D eigenvalue weighted by Gasteiger charge is 2.41. The molecule has 1 aliphatic rings. The summed E-state index contributed by atoms with van der Waals surface area (Å²) in [7, 11) is -3.73. The Morgan fingerprint density at radius 2 is 1.38 bits per heavy atom. The van der Waals surface area contributed by atoms with Crippen LogP contribution in [-0.2, 0) is 15.6 Å². The maximum atomic E-state index is 13.6. The molecule has 3 aromatic carbocycles. The van der Waals surface area contributed by atoms with Crippen LogP contribution in [0.2, 0.25) is 0 Å². The van der Waals surface area contributed by atoms with Crippen molar-refractivity contribution in [3.05, 3.63) is 95.6 Å². The monoisotopic (exact) mass is 552 g/mol. The molecule has 0 aliphatic carbocycles. The number of hydrogen-bond acceptors (Lipinski definition) is 5. The summed E-state index contributed by atoms with van der Waals surface area (Å²) in [5.41, 5.74) is -0.161. The van der Waals surface area contributed by atoms with Crippen molar-refractivity contribution in [3.8, 4) is 5.75 Å². The first-order chi connectivity index (χ1) is 17.2. The number of likely N-dealkylation sites (tertiary alicyclic amines) is 1. The largest absolute Gasteiger partial charge is 0.494 e. The summed E-state index contributed by atoms with van der Waals surface area (Å²) in [6.07, 6.45) is 2.23. The van der Waals surface area contributed by atoms with E-state index >= 15 is 0 Å². The van der Waals surface area contributed by atoms with E-state index in [1.165, 1.54) is 36.4 Å². The van der Waals surface area contributed by atoms with Gasteiger partial charge in [-0.05, 0) is 97.9 Å². The van der Waals surface area contributed by atoms with Crippen molar-refractivity contribution in [2.75, 3.05) is 26.2 Å². The van der Waals surface area contributed by atoms with Crippen LogP contribution in [0.15, 0.2) is 77.7 Å². The second kappa shape index (κ2) is 12.3. The average Bonchev–Trinajstić information content (AvgIpc) is 2.87. The summed E-state index contributed by atoms with van der Waals surface area (Å²) in [4.78, 5) is 2.35. The average molecular weight is 553 g/mol. The standard InChI is InChI=1S/C27H30F2N2O4S.ClH/c28-23-6-2-20(3-7-23)27(32,21-4-8-24(29)9-5-21)22-14-17-31(18-15-22)16-1-19-35-25-10-12-26(13-11-25)36(30,33)34;/h2-13,22,32H,1,14-19H2,(H2,30,33,34);1H. The van der Waals surface area contributed by atoms with E-state index in [4.69, 9.17) is 9.88 Å². The van der Waals surface area contributed by atoms with Crippen LogP contribution in [0, 0.1) is 17.6 Å². The molecular formula is C27H31ClF2N2O4S. The molecule has 1 aliphatic heterocycles. The summed E-state index contributed by atoms with van der Waals surface area (Å²) in [6.45, 7) is 2.84. The fourth-order valence-electron chi connectivity index (χ4n) is 4.82. The van der Waals surface area contributed by atoms with Crippen LogP contribution in [-0.4, -0.2) is 44.7 Å².